The van der Waals surface area contributed by atoms with E-state index in [4.69, 9.17) is 18.9 Å². The minimum absolute atomic E-state index is 0.00855. The normalized spacial score (nSPS) is 15.6. The summed E-state index contributed by atoms with van der Waals surface area (Å²) in [5, 5.41) is 16.6. The van der Waals surface area contributed by atoms with Gasteiger partial charge in [0.1, 0.15) is 54.6 Å². The van der Waals surface area contributed by atoms with E-state index in [1.54, 1.807) is 66.1 Å². The van der Waals surface area contributed by atoms with Crippen LogP contribution in [0.1, 0.15) is 138 Å². The van der Waals surface area contributed by atoms with Crippen LogP contribution in [0.2, 0.25) is 0 Å². The number of aldehydes is 1. The molecule has 0 radical (unpaired) electrons. The second-order valence-corrected chi connectivity index (χ2v) is 19.0. The number of unbranched alkanes of at least 4 members (excludes halogenated alkanes) is 3. The predicted octanol–water partition coefficient (Wildman–Crippen LogP) is 5.78. The summed E-state index contributed by atoms with van der Waals surface area (Å²) in [7, 11) is 3.36. The Morgan fingerprint density at radius 1 is 0.853 bits per heavy atom. The maximum absolute atomic E-state index is 14.5. The second kappa shape index (κ2) is 31.7. The number of alkyl carbamates (subject to hydrolysis) is 2. The van der Waals surface area contributed by atoms with E-state index in [1.165, 1.54) is 4.90 Å². The van der Waals surface area contributed by atoms with Crippen molar-refractivity contribution in [3.63, 3.8) is 0 Å². The highest BCUT2D eigenvalue weighted by Gasteiger charge is 2.37. The van der Waals surface area contributed by atoms with Gasteiger partial charge in [-0.1, -0.05) is 89.6 Å². The molecule has 1 aliphatic carbocycles. The van der Waals surface area contributed by atoms with E-state index >= 15 is 0 Å². The fourth-order valence-corrected chi connectivity index (χ4v) is 7.56. The lowest BCUT2D eigenvalue weighted by molar-refractivity contribution is -0.139. The molecule has 0 bridgehead atoms. The van der Waals surface area contributed by atoms with Gasteiger partial charge in [-0.3, -0.25) is 24.5 Å². The van der Waals surface area contributed by atoms with Crippen LogP contribution in [0.15, 0.2) is 41.7 Å². The molecule has 6 N–H and O–H groups in total. The summed E-state index contributed by atoms with van der Waals surface area (Å²) in [5.41, 5.74) is 0.480. The third kappa shape index (κ3) is 23.2. The first-order valence-electron chi connectivity index (χ1n) is 24.5. The van der Waals surface area contributed by atoms with E-state index in [0.29, 0.717) is 49.7 Å². The van der Waals surface area contributed by atoms with Gasteiger partial charge < -0.3 is 55.2 Å². The van der Waals surface area contributed by atoms with Crippen molar-refractivity contribution in [3.8, 4) is 0 Å². The number of nitrogens with zero attached hydrogens (tertiary/aromatic N) is 1. The Bertz CT molecular complexity index is 1750. The predicted molar refractivity (Wildman–Crippen MR) is 260 cm³/mol. The van der Waals surface area contributed by atoms with Gasteiger partial charge in [-0.15, -0.1) is 0 Å². The number of ether oxygens (including phenoxy) is 4. The molecule has 4 unspecified atom stereocenters. The highest BCUT2D eigenvalue weighted by atomic mass is 16.6. The average molecular weight is 958 g/mol. The van der Waals surface area contributed by atoms with Gasteiger partial charge in [0.15, 0.2) is 0 Å². The third-order valence-corrected chi connectivity index (χ3v) is 11.4. The third-order valence-electron chi connectivity index (χ3n) is 11.4. The molecule has 1 aromatic rings. The fourth-order valence-electron chi connectivity index (χ4n) is 7.56. The zero-order valence-electron chi connectivity index (χ0n) is 42.5. The zero-order chi connectivity index (χ0) is 50.6. The summed E-state index contributed by atoms with van der Waals surface area (Å²) in [4.78, 5) is 95.7. The molecule has 68 heavy (non-hydrogen) atoms. The van der Waals surface area contributed by atoms with Crippen LogP contribution in [-0.4, -0.2) is 123 Å². The van der Waals surface area contributed by atoms with E-state index in [0.717, 1.165) is 50.5 Å². The molecule has 0 aliphatic heterocycles. The number of hydrogen-bond acceptors (Lipinski definition) is 12. The van der Waals surface area contributed by atoms with Crippen molar-refractivity contribution >= 4 is 42.1 Å². The first-order valence-corrected chi connectivity index (χ1v) is 24.5. The lowest BCUT2D eigenvalue weighted by atomic mass is 9.83. The number of benzene rings is 1. The van der Waals surface area contributed by atoms with Crippen molar-refractivity contribution in [2.45, 2.75) is 175 Å². The van der Waals surface area contributed by atoms with Gasteiger partial charge in [-0.2, -0.15) is 0 Å². The van der Waals surface area contributed by atoms with Gasteiger partial charge in [0, 0.05) is 26.6 Å². The van der Waals surface area contributed by atoms with Crippen molar-refractivity contribution in [1.29, 1.82) is 0 Å². The Balaban J connectivity index is 2.35. The van der Waals surface area contributed by atoms with Gasteiger partial charge in [0.05, 0.1) is 18.7 Å². The number of allylic oxidation sites excluding steroid dienone is 1. The number of likely N-dealkylation sites (N-methyl/N-ethyl adjacent to an activating group) is 1. The van der Waals surface area contributed by atoms with Crippen molar-refractivity contribution < 1.29 is 52.5 Å². The van der Waals surface area contributed by atoms with Crippen LogP contribution in [0, 0.1) is 11.8 Å². The molecule has 6 amide bonds. The Kier molecular flexibility index (Phi) is 27.5. The van der Waals surface area contributed by atoms with Crippen LogP contribution in [0.25, 0.3) is 0 Å². The van der Waals surface area contributed by atoms with E-state index < -0.39 is 66.2 Å². The Morgan fingerprint density at radius 3 is 2.16 bits per heavy atom. The van der Waals surface area contributed by atoms with Gasteiger partial charge in [0.25, 0.3) is 5.91 Å². The van der Waals surface area contributed by atoms with Crippen LogP contribution in [0.3, 0.4) is 0 Å². The SMILES string of the molecule is CCCCCC/C(O[C@@H](C)NC)=C(\C)C(=O)N(C)C(CC(C)C)C(=O)NC(C(=O)NC(CNC(=O)OCc1ccccc1)C(=O)NC(C=O)COCCCNC(=O)OC(C)(C)C)C1CCCCC1. The minimum atomic E-state index is -1.42. The summed E-state index contributed by atoms with van der Waals surface area (Å²) in [6.07, 6.45) is 7.79. The van der Waals surface area contributed by atoms with E-state index in [9.17, 15) is 33.6 Å². The molecule has 1 fully saturated rings. The summed E-state index contributed by atoms with van der Waals surface area (Å²) in [5.74, 6) is -2.11. The Hall–Kier alpha value is -5.23. The lowest BCUT2D eigenvalue weighted by Gasteiger charge is -2.35. The van der Waals surface area contributed by atoms with Crippen molar-refractivity contribution in [1.82, 2.24) is 36.8 Å². The Morgan fingerprint density at radius 2 is 1.54 bits per heavy atom. The molecule has 1 saturated carbocycles. The summed E-state index contributed by atoms with van der Waals surface area (Å²) in [6, 6.07) is 4.38. The van der Waals surface area contributed by atoms with E-state index in [-0.39, 0.29) is 50.3 Å². The van der Waals surface area contributed by atoms with Gasteiger partial charge >= 0.3 is 12.2 Å². The number of hydrogen-bond donors (Lipinski definition) is 6. The lowest BCUT2D eigenvalue weighted by Crippen LogP contribution is -2.61. The maximum Gasteiger partial charge on any atom is 0.407 e. The molecule has 384 valence electrons. The number of rotatable bonds is 30. The van der Waals surface area contributed by atoms with Crippen molar-refractivity contribution in [2.75, 3.05) is 40.4 Å². The monoisotopic (exact) mass is 958 g/mol. The molecule has 18 heteroatoms. The molecule has 0 spiro atoms. The van der Waals surface area contributed by atoms with Crippen LogP contribution >= 0.6 is 0 Å². The van der Waals surface area contributed by atoms with Gasteiger partial charge in [0.2, 0.25) is 17.7 Å². The molecule has 0 saturated heterocycles. The van der Waals surface area contributed by atoms with E-state index in [1.807, 2.05) is 26.8 Å². The van der Waals surface area contributed by atoms with E-state index in [2.05, 4.69) is 38.8 Å². The molecule has 2 rings (SSSR count). The first kappa shape index (κ1) is 58.9. The average Bonchev–Trinajstić information content (AvgIpc) is 3.31. The summed E-state index contributed by atoms with van der Waals surface area (Å²) in [6.45, 7) is 14.6. The van der Waals surface area contributed by atoms with Gasteiger partial charge in [-0.25, -0.2) is 9.59 Å². The molecule has 18 nitrogen and oxygen atoms in total. The number of carbonyl (C=O) groups excluding carboxylic acids is 7. The van der Waals surface area contributed by atoms with Crippen LogP contribution in [0.4, 0.5) is 9.59 Å². The van der Waals surface area contributed by atoms with Gasteiger partial charge in [-0.05, 0) is 91.2 Å². The highest BCUT2D eigenvalue weighted by Crippen LogP contribution is 2.28. The standard InChI is InChI=1S/C50H83N7O11/c1-11-12-13-20-26-42(67-36(5)51-9)35(4)47(62)57(10)41(29-34(2)3)45(60)56-43(38-24-18-15-19-25-38)46(61)55-40(30-53-48(63)66-32-37-22-16-14-17-23-37)44(59)54-39(31-58)33-65-28-21-27-52-49(64)68-50(6,7)8/h14,16-17,22-23,31,34,36,38-41,43,51H,11-13,15,18-21,24-30,32-33H2,1-10H3,(H,52,64)(H,53,63)(H,54,59)(H,55,61)(H,56,60)/b42-35-/t36-,39?,40?,41?,43?/m0/s1. The quantitative estimate of drug-likeness (QED) is 0.0177. The molecular weight excluding hydrogens is 875 g/mol. The molecule has 0 aromatic heterocycles. The number of amides is 6. The zero-order valence-corrected chi connectivity index (χ0v) is 42.5. The molecular formula is C50H83N7O11. The van der Waals surface area contributed by atoms with Crippen LogP contribution in [0.5, 0.6) is 0 Å². The van der Waals surface area contributed by atoms with Crippen molar-refractivity contribution in [2.24, 2.45) is 11.8 Å². The molecule has 1 aliphatic rings. The van der Waals surface area contributed by atoms with Crippen molar-refractivity contribution in [3.05, 3.63) is 47.2 Å². The number of nitrogens with one attached hydrogen (secondary N) is 6. The smallest absolute Gasteiger partial charge is 0.407 e. The largest absolute Gasteiger partial charge is 0.480 e. The maximum atomic E-state index is 14.5. The molecule has 5 atom stereocenters. The molecule has 1 aromatic carbocycles. The van der Waals surface area contributed by atoms with Crippen LogP contribution < -0.4 is 31.9 Å². The molecule has 0 heterocycles. The minimum Gasteiger partial charge on any atom is -0.480 e. The number of carbonyl (C=O) groups is 7. The fraction of sp³-hybridized carbons (Fsp3) is 0.700. The highest BCUT2D eigenvalue weighted by molar-refractivity contribution is 5.98. The summed E-state index contributed by atoms with van der Waals surface area (Å²) < 4.78 is 22.4. The topological polar surface area (TPSA) is 232 Å². The van der Waals surface area contributed by atoms with Crippen LogP contribution in [-0.2, 0) is 49.5 Å². The first-order chi connectivity index (χ1) is 32.3. The Labute approximate surface area is 404 Å². The summed E-state index contributed by atoms with van der Waals surface area (Å²) >= 11 is 0. The second-order valence-electron chi connectivity index (χ2n) is 19.0.